The molecule has 0 spiro atoms. The smallest absolute Gasteiger partial charge is 0.254 e. The molecule has 4 aromatic rings. The molecule has 0 radical (unpaired) electrons. The number of thiazole rings is 1. The van der Waals surface area contributed by atoms with Gasteiger partial charge < -0.3 is 19.6 Å². The van der Waals surface area contributed by atoms with E-state index in [9.17, 15) is 9.59 Å². The van der Waals surface area contributed by atoms with Crippen molar-refractivity contribution in [2.45, 2.75) is 53.1 Å². The van der Waals surface area contributed by atoms with E-state index < -0.39 is 0 Å². The summed E-state index contributed by atoms with van der Waals surface area (Å²) in [5.74, 6) is 0.303. The summed E-state index contributed by atoms with van der Waals surface area (Å²) in [6.45, 7) is 9.75. The van der Waals surface area contributed by atoms with Gasteiger partial charge in [-0.2, -0.15) is 0 Å². The summed E-state index contributed by atoms with van der Waals surface area (Å²) in [5.41, 5.74) is 8.54. The number of hydrogen-bond acceptors (Lipinski definition) is 5. The van der Waals surface area contributed by atoms with Crippen molar-refractivity contribution in [2.24, 2.45) is 5.92 Å². The van der Waals surface area contributed by atoms with Crippen molar-refractivity contribution < 1.29 is 9.53 Å². The molecule has 4 heterocycles. The normalized spacial score (nSPS) is 15.3. The first-order valence-corrected chi connectivity index (χ1v) is 13.4. The molecule has 1 amide bonds. The number of pyridine rings is 1. The summed E-state index contributed by atoms with van der Waals surface area (Å²) in [6, 6.07) is 8.36. The third kappa shape index (κ3) is 4.51. The summed E-state index contributed by atoms with van der Waals surface area (Å²) in [4.78, 5) is 33.4. The molecule has 0 unspecified atom stereocenters. The number of hydrogen-bond donors (Lipinski definition) is 2. The lowest BCUT2D eigenvalue weighted by Gasteiger charge is -2.30. The Balaban J connectivity index is 1.56. The number of carbonyl (C=O) groups is 1. The highest BCUT2D eigenvalue weighted by Gasteiger charge is 2.28. The van der Waals surface area contributed by atoms with E-state index in [0.29, 0.717) is 17.0 Å². The van der Waals surface area contributed by atoms with Gasteiger partial charge in [-0.1, -0.05) is 12.1 Å². The minimum Gasteiger partial charge on any atom is -0.381 e. The zero-order valence-corrected chi connectivity index (χ0v) is 22.0. The van der Waals surface area contributed by atoms with Crippen LogP contribution in [0.2, 0.25) is 0 Å². The van der Waals surface area contributed by atoms with Crippen LogP contribution in [0.3, 0.4) is 0 Å². The largest absolute Gasteiger partial charge is 0.381 e. The Labute approximate surface area is 214 Å². The molecule has 0 saturated carbocycles. The number of amides is 1. The summed E-state index contributed by atoms with van der Waals surface area (Å²) in [7, 11) is 0. The first kappa shape index (κ1) is 24.5. The van der Waals surface area contributed by atoms with Gasteiger partial charge in [0.15, 0.2) is 0 Å². The molecule has 8 heteroatoms. The number of nitrogens with zero attached hydrogens (tertiary/aromatic N) is 2. The van der Waals surface area contributed by atoms with E-state index in [1.807, 2.05) is 49.9 Å². The van der Waals surface area contributed by atoms with Crippen LogP contribution < -0.4 is 10.9 Å². The molecule has 5 rings (SSSR count). The highest BCUT2D eigenvalue weighted by molar-refractivity contribution is 7.07. The second-order valence-electron chi connectivity index (χ2n) is 9.75. The van der Waals surface area contributed by atoms with Gasteiger partial charge in [-0.25, -0.2) is 4.98 Å². The minimum atomic E-state index is -0.170. The van der Waals surface area contributed by atoms with Crippen molar-refractivity contribution in [1.82, 2.24) is 19.9 Å². The van der Waals surface area contributed by atoms with Crippen LogP contribution in [0, 0.1) is 26.7 Å². The van der Waals surface area contributed by atoms with Gasteiger partial charge in [0.2, 0.25) is 0 Å². The SMILES string of the molecule is Cc1cc(C)c(CNC(=O)c2c(C)n([C@@H](C)C3CCOCC3)c3cc(-c4cscn4)ccc23)c(=O)[nH]1. The Morgan fingerprint density at radius 3 is 2.72 bits per heavy atom. The molecular formula is C28H32N4O3S. The molecule has 188 valence electrons. The van der Waals surface area contributed by atoms with Crippen LogP contribution in [-0.2, 0) is 11.3 Å². The molecule has 1 aromatic carbocycles. The Morgan fingerprint density at radius 2 is 2.03 bits per heavy atom. The number of aryl methyl sites for hydroxylation is 2. The molecule has 1 aliphatic rings. The van der Waals surface area contributed by atoms with E-state index in [-0.39, 0.29) is 24.1 Å². The van der Waals surface area contributed by atoms with E-state index in [2.05, 4.69) is 32.8 Å². The quantitative estimate of drug-likeness (QED) is 0.373. The lowest BCUT2D eigenvalue weighted by Crippen LogP contribution is -2.28. The third-order valence-corrected chi connectivity index (χ3v) is 8.07. The number of aromatic nitrogens is 3. The number of ether oxygens (including phenoxy) is 1. The van der Waals surface area contributed by atoms with Crippen molar-refractivity contribution in [3.05, 3.63) is 73.6 Å². The van der Waals surface area contributed by atoms with Gasteiger partial charge in [0.05, 0.1) is 16.8 Å². The molecule has 7 nitrogen and oxygen atoms in total. The van der Waals surface area contributed by atoms with Crippen LogP contribution in [0.5, 0.6) is 0 Å². The van der Waals surface area contributed by atoms with Gasteiger partial charge >= 0.3 is 0 Å². The summed E-state index contributed by atoms with van der Waals surface area (Å²) in [6.07, 6.45) is 2.01. The van der Waals surface area contributed by atoms with Crippen LogP contribution in [0.4, 0.5) is 0 Å². The predicted octanol–water partition coefficient (Wildman–Crippen LogP) is 5.30. The first-order valence-electron chi connectivity index (χ1n) is 12.4. The molecule has 3 aromatic heterocycles. The van der Waals surface area contributed by atoms with Gasteiger partial charge in [-0.15, -0.1) is 11.3 Å². The van der Waals surface area contributed by atoms with E-state index >= 15 is 0 Å². The van der Waals surface area contributed by atoms with Crippen LogP contribution in [0.25, 0.3) is 22.2 Å². The number of fused-ring (bicyclic) bond motifs is 1. The van der Waals surface area contributed by atoms with Gasteiger partial charge in [-0.3, -0.25) is 9.59 Å². The molecule has 1 aliphatic heterocycles. The lowest BCUT2D eigenvalue weighted by molar-refractivity contribution is 0.0517. The zero-order valence-electron chi connectivity index (χ0n) is 21.2. The molecule has 1 saturated heterocycles. The fourth-order valence-electron chi connectivity index (χ4n) is 5.53. The van der Waals surface area contributed by atoms with Crippen molar-refractivity contribution in [2.75, 3.05) is 13.2 Å². The first-order chi connectivity index (χ1) is 17.3. The number of benzene rings is 1. The van der Waals surface area contributed by atoms with Crippen LogP contribution >= 0.6 is 11.3 Å². The molecule has 0 aliphatic carbocycles. The maximum atomic E-state index is 13.6. The maximum absolute atomic E-state index is 13.6. The van der Waals surface area contributed by atoms with Gasteiger partial charge in [0.1, 0.15) is 0 Å². The highest BCUT2D eigenvalue weighted by Crippen LogP contribution is 2.37. The molecule has 1 fully saturated rings. The van der Waals surface area contributed by atoms with Crippen LogP contribution in [0.15, 0.2) is 40.0 Å². The van der Waals surface area contributed by atoms with Gasteiger partial charge in [0.25, 0.3) is 11.5 Å². The zero-order chi connectivity index (χ0) is 25.4. The Hall–Kier alpha value is -3.23. The number of nitrogens with one attached hydrogen (secondary N) is 2. The standard InChI is InChI=1S/C28H32N4O3S/c1-16-11-17(2)31-27(33)23(16)13-29-28(34)26-19(4)32(18(3)20-7-9-35-10-8-20)25-12-21(5-6-22(25)26)24-14-36-15-30-24/h5-6,11-12,14-15,18,20H,7-10,13H2,1-4H3,(H,29,34)(H,31,33)/t18-/m0/s1. The topological polar surface area (TPSA) is 89.0 Å². The fraction of sp³-hybridized carbons (Fsp3) is 0.393. The van der Waals surface area contributed by atoms with Gasteiger partial charge in [0, 0.05) is 64.6 Å². The maximum Gasteiger partial charge on any atom is 0.254 e. The second-order valence-corrected chi connectivity index (χ2v) is 10.5. The molecule has 1 atom stereocenters. The summed E-state index contributed by atoms with van der Waals surface area (Å²) >= 11 is 1.57. The molecule has 2 N–H and O–H groups in total. The number of carbonyl (C=O) groups excluding carboxylic acids is 1. The molecule has 36 heavy (non-hydrogen) atoms. The predicted molar refractivity (Wildman–Crippen MR) is 144 cm³/mol. The van der Waals surface area contributed by atoms with E-state index in [0.717, 1.165) is 65.2 Å². The van der Waals surface area contributed by atoms with Crippen molar-refractivity contribution >= 4 is 28.1 Å². The number of rotatable bonds is 6. The fourth-order valence-corrected chi connectivity index (χ4v) is 6.09. The Morgan fingerprint density at radius 1 is 1.25 bits per heavy atom. The average molecular weight is 505 g/mol. The second kappa shape index (κ2) is 10.0. The van der Waals surface area contributed by atoms with Crippen LogP contribution in [0.1, 0.15) is 58.7 Å². The van der Waals surface area contributed by atoms with Crippen molar-refractivity contribution in [3.8, 4) is 11.3 Å². The monoisotopic (exact) mass is 504 g/mol. The Bertz CT molecular complexity index is 1460. The van der Waals surface area contributed by atoms with Crippen LogP contribution in [-0.4, -0.2) is 33.7 Å². The summed E-state index contributed by atoms with van der Waals surface area (Å²) < 4.78 is 7.93. The summed E-state index contributed by atoms with van der Waals surface area (Å²) in [5, 5.41) is 5.97. The van der Waals surface area contributed by atoms with Crippen molar-refractivity contribution in [1.29, 1.82) is 0 Å². The lowest BCUT2D eigenvalue weighted by atomic mass is 9.92. The highest BCUT2D eigenvalue weighted by atomic mass is 32.1. The van der Waals surface area contributed by atoms with E-state index in [1.165, 1.54) is 0 Å². The molecule has 0 bridgehead atoms. The average Bonchev–Trinajstić information content (AvgIpc) is 3.49. The minimum absolute atomic E-state index is 0.159. The number of aromatic amines is 1. The van der Waals surface area contributed by atoms with Gasteiger partial charge in [-0.05, 0) is 64.2 Å². The Kier molecular flexibility index (Phi) is 6.81. The van der Waals surface area contributed by atoms with E-state index in [4.69, 9.17) is 4.74 Å². The molecular weight excluding hydrogens is 472 g/mol. The van der Waals surface area contributed by atoms with E-state index in [1.54, 1.807) is 11.3 Å². The third-order valence-electron chi connectivity index (χ3n) is 7.48. The number of H-pyrrole nitrogens is 1. The van der Waals surface area contributed by atoms with Crippen molar-refractivity contribution in [3.63, 3.8) is 0 Å².